The van der Waals surface area contributed by atoms with Gasteiger partial charge in [0.05, 0.1) is 11.0 Å². The molecule has 0 aliphatic carbocycles. The summed E-state index contributed by atoms with van der Waals surface area (Å²) in [5.41, 5.74) is 8.64. The molecule has 296 valence electrons. The lowest BCUT2D eigenvalue weighted by molar-refractivity contribution is 1.28. The molecule has 0 fully saturated rings. The molecule has 0 atom stereocenters. The van der Waals surface area contributed by atoms with Gasteiger partial charge in [0.15, 0.2) is 0 Å². The maximum absolute atomic E-state index is 9.82. The van der Waals surface area contributed by atoms with Gasteiger partial charge in [-0.15, -0.1) is 0 Å². The summed E-state index contributed by atoms with van der Waals surface area (Å²) in [5, 5.41) is 3.94. The molecule has 0 amide bonds. The number of hydrogen-bond acceptors (Lipinski definition) is 1. The van der Waals surface area contributed by atoms with Gasteiger partial charge in [-0.2, -0.15) is 0 Å². The van der Waals surface area contributed by atoms with Crippen molar-refractivity contribution in [2.75, 3.05) is 4.90 Å². The standard InChI is InChI=1S/C62H43N/c1-3-12-44(13-4-1)45-22-24-46(25-23-45)48-30-37-55(38-31-48)63(56-39-32-49(33-40-56)47-26-28-53(29-27-47)59-21-11-18-50-16-7-9-19-58(50)59)57-41-34-54(35-42-57)62-60-20-10-8-17-52(60)36-43-61(62)51-14-5-2-6-15-51/h1-43H/i30D,31D,34D,35D,37D,38D,41D,42D. The van der Waals surface area contributed by atoms with E-state index in [4.69, 9.17) is 0 Å². The zero-order valence-corrected chi connectivity index (χ0v) is 34.2. The highest BCUT2D eigenvalue weighted by Crippen LogP contribution is 2.42. The summed E-state index contributed by atoms with van der Waals surface area (Å²) in [6, 6.07) is 65.7. The van der Waals surface area contributed by atoms with Crippen molar-refractivity contribution in [2.45, 2.75) is 0 Å². The highest BCUT2D eigenvalue weighted by molar-refractivity contribution is 6.04. The van der Waals surface area contributed by atoms with Gasteiger partial charge in [0.2, 0.25) is 0 Å². The zero-order chi connectivity index (χ0) is 48.9. The number of benzene rings is 11. The van der Waals surface area contributed by atoms with E-state index in [1.165, 1.54) is 4.90 Å². The van der Waals surface area contributed by atoms with Gasteiger partial charge in [0.25, 0.3) is 0 Å². The summed E-state index contributed by atoms with van der Waals surface area (Å²) in [4.78, 5) is 1.36. The molecule has 11 aromatic rings. The van der Waals surface area contributed by atoms with Gasteiger partial charge in [-0.1, -0.05) is 224 Å². The number of anilines is 3. The topological polar surface area (TPSA) is 3.24 Å². The fraction of sp³-hybridized carbons (Fsp3) is 0. The summed E-state index contributed by atoms with van der Waals surface area (Å²) in [6.07, 6.45) is 0. The minimum absolute atomic E-state index is 0.102. The van der Waals surface area contributed by atoms with Crippen molar-refractivity contribution in [3.8, 4) is 66.8 Å². The molecule has 0 saturated heterocycles. The summed E-state index contributed by atoms with van der Waals surface area (Å²) in [6.45, 7) is 0. The Bertz CT molecular complexity index is 3760. The van der Waals surface area contributed by atoms with Crippen molar-refractivity contribution < 1.29 is 11.0 Å². The largest absolute Gasteiger partial charge is 0.311 e. The Morgan fingerprint density at radius 2 is 0.651 bits per heavy atom. The van der Waals surface area contributed by atoms with E-state index in [0.29, 0.717) is 16.8 Å². The third-order valence-corrected chi connectivity index (χ3v) is 11.7. The van der Waals surface area contributed by atoms with E-state index in [2.05, 4.69) is 54.6 Å². The zero-order valence-electron chi connectivity index (χ0n) is 42.2. The van der Waals surface area contributed by atoms with E-state index in [1.54, 1.807) is 24.3 Å². The highest BCUT2D eigenvalue weighted by atomic mass is 15.1. The van der Waals surface area contributed by atoms with Crippen LogP contribution in [0.15, 0.2) is 261 Å². The summed E-state index contributed by atoms with van der Waals surface area (Å²) >= 11 is 0. The first-order chi connectivity index (χ1) is 34.6. The third-order valence-electron chi connectivity index (χ3n) is 11.7. The van der Waals surface area contributed by atoms with Crippen molar-refractivity contribution in [3.63, 3.8) is 0 Å². The second kappa shape index (κ2) is 16.7. The van der Waals surface area contributed by atoms with E-state index in [9.17, 15) is 11.0 Å². The first-order valence-electron chi connectivity index (χ1n) is 25.0. The van der Waals surface area contributed by atoms with E-state index in [-0.39, 0.29) is 46.7 Å². The van der Waals surface area contributed by atoms with Crippen LogP contribution in [-0.4, -0.2) is 0 Å². The molecular formula is C62H43N. The second-order valence-electron chi connectivity index (χ2n) is 15.5. The number of hydrogen-bond donors (Lipinski definition) is 0. The lowest BCUT2D eigenvalue weighted by Crippen LogP contribution is -2.09. The van der Waals surface area contributed by atoms with Crippen LogP contribution < -0.4 is 4.90 Å². The number of nitrogens with zero attached hydrogens (tertiary/aromatic N) is 1. The minimum Gasteiger partial charge on any atom is -0.311 e. The van der Waals surface area contributed by atoms with Crippen molar-refractivity contribution >= 4 is 38.6 Å². The molecule has 1 nitrogen and oxygen atoms in total. The molecule has 11 aromatic carbocycles. The lowest BCUT2D eigenvalue weighted by atomic mass is 9.89. The summed E-state index contributed by atoms with van der Waals surface area (Å²) in [5.74, 6) is 0. The maximum Gasteiger partial charge on any atom is 0.0645 e. The first-order valence-corrected chi connectivity index (χ1v) is 21.0. The van der Waals surface area contributed by atoms with E-state index in [0.717, 1.165) is 66.1 Å². The van der Waals surface area contributed by atoms with Crippen molar-refractivity contribution in [2.24, 2.45) is 0 Å². The van der Waals surface area contributed by atoms with E-state index >= 15 is 0 Å². The predicted octanol–water partition coefficient (Wildman–Crippen LogP) is 17.5. The van der Waals surface area contributed by atoms with Gasteiger partial charge in [-0.3, -0.25) is 0 Å². The monoisotopic (exact) mass is 809 g/mol. The van der Waals surface area contributed by atoms with Crippen LogP contribution in [0.5, 0.6) is 0 Å². The van der Waals surface area contributed by atoms with E-state index in [1.807, 2.05) is 133 Å². The molecule has 63 heavy (non-hydrogen) atoms. The fourth-order valence-corrected chi connectivity index (χ4v) is 8.46. The first kappa shape index (κ1) is 29.9. The molecule has 1 heteroatoms. The Hall–Kier alpha value is -8.26. The molecule has 0 aromatic heterocycles. The van der Waals surface area contributed by atoms with Gasteiger partial charge < -0.3 is 4.90 Å². The van der Waals surface area contributed by atoms with E-state index < -0.39 is 24.2 Å². The number of rotatable bonds is 9. The van der Waals surface area contributed by atoms with Crippen LogP contribution in [0, 0.1) is 0 Å². The molecule has 0 spiro atoms. The van der Waals surface area contributed by atoms with Crippen molar-refractivity contribution in [1.82, 2.24) is 0 Å². The smallest absolute Gasteiger partial charge is 0.0645 e. The highest BCUT2D eigenvalue weighted by Gasteiger charge is 2.17. The molecule has 0 radical (unpaired) electrons. The molecule has 0 saturated carbocycles. The molecule has 0 heterocycles. The Labute approximate surface area is 380 Å². The van der Waals surface area contributed by atoms with Gasteiger partial charge in [0.1, 0.15) is 0 Å². The van der Waals surface area contributed by atoms with Crippen LogP contribution in [0.3, 0.4) is 0 Å². The van der Waals surface area contributed by atoms with Crippen molar-refractivity contribution in [1.29, 1.82) is 0 Å². The van der Waals surface area contributed by atoms with Crippen LogP contribution >= 0.6 is 0 Å². The Morgan fingerprint density at radius 1 is 0.238 bits per heavy atom. The minimum atomic E-state index is -0.404. The molecule has 11 rings (SSSR count). The van der Waals surface area contributed by atoms with Crippen LogP contribution in [0.4, 0.5) is 17.1 Å². The van der Waals surface area contributed by atoms with Crippen LogP contribution in [0.1, 0.15) is 11.0 Å². The predicted molar refractivity (Wildman–Crippen MR) is 269 cm³/mol. The summed E-state index contributed by atoms with van der Waals surface area (Å²) < 4.78 is 77.4. The lowest BCUT2D eigenvalue weighted by Gasteiger charge is -2.26. The quantitative estimate of drug-likeness (QED) is 0.140. The fourth-order valence-electron chi connectivity index (χ4n) is 8.46. The van der Waals surface area contributed by atoms with Crippen molar-refractivity contribution in [3.05, 3.63) is 261 Å². The van der Waals surface area contributed by atoms with Crippen LogP contribution in [-0.2, 0) is 0 Å². The average molecular weight is 810 g/mol. The Balaban J connectivity index is 1.08. The Kier molecular flexibility index (Phi) is 7.90. The summed E-state index contributed by atoms with van der Waals surface area (Å²) in [7, 11) is 0. The van der Waals surface area contributed by atoms with Gasteiger partial charge in [-0.05, 0) is 125 Å². The van der Waals surface area contributed by atoms with Crippen LogP contribution in [0.25, 0.3) is 88.3 Å². The second-order valence-corrected chi connectivity index (χ2v) is 15.5. The molecule has 0 aliphatic rings. The van der Waals surface area contributed by atoms with Gasteiger partial charge >= 0.3 is 0 Å². The average Bonchev–Trinajstić information content (AvgIpc) is 3.42. The molecule has 0 unspecified atom stereocenters. The van der Waals surface area contributed by atoms with Gasteiger partial charge in [-0.25, -0.2) is 0 Å². The third kappa shape index (κ3) is 7.47. The van der Waals surface area contributed by atoms with Gasteiger partial charge in [0, 0.05) is 17.1 Å². The SMILES string of the molecule is [2H]c1c([2H])c(N(c2ccc(-c3ccc(-c4cccc5ccccc45)cc3)cc2)c2c([2H])c([2H])c(-c3c(-c4ccccc4)ccc4ccccc34)c([2H])c2[2H])c([2H])c([2H])c1-c1ccc(-c2ccccc2)cc1. The molecule has 0 bridgehead atoms. The normalized spacial score (nSPS) is 13.0. The van der Waals surface area contributed by atoms with Crippen LogP contribution in [0.2, 0.25) is 0 Å². The molecule has 0 aliphatic heterocycles. The Morgan fingerprint density at radius 3 is 1.25 bits per heavy atom. The molecule has 0 N–H and O–H groups in total. The number of fused-ring (bicyclic) bond motifs is 2. The molecular weight excluding hydrogens is 759 g/mol. The maximum atomic E-state index is 9.82.